The predicted molar refractivity (Wildman–Crippen MR) is 79.1 cm³/mol. The monoisotopic (exact) mass is 262 g/mol. The van der Waals surface area contributed by atoms with E-state index in [1.54, 1.807) is 19.3 Å². The molecule has 0 spiro atoms. The van der Waals surface area contributed by atoms with Gasteiger partial charge in [-0.15, -0.1) is 0 Å². The Morgan fingerprint density at radius 1 is 0.947 bits per heavy atom. The third-order valence-corrected chi connectivity index (χ3v) is 7.09. The van der Waals surface area contributed by atoms with Gasteiger partial charge in [-0.05, 0) is 82.7 Å². The van der Waals surface area contributed by atoms with Gasteiger partial charge in [-0.3, -0.25) is 0 Å². The Kier molecular flexibility index (Phi) is 3.15. The van der Waals surface area contributed by atoms with Crippen molar-refractivity contribution in [2.45, 2.75) is 70.0 Å². The van der Waals surface area contributed by atoms with Gasteiger partial charge < -0.3 is 10.2 Å². The molecule has 0 amide bonds. The summed E-state index contributed by atoms with van der Waals surface area (Å²) in [6, 6.07) is 2.45. The van der Waals surface area contributed by atoms with Crippen molar-refractivity contribution in [1.29, 1.82) is 0 Å². The van der Waals surface area contributed by atoms with Crippen LogP contribution < -0.4 is 5.32 Å². The summed E-state index contributed by atoms with van der Waals surface area (Å²) in [6.45, 7) is 3.67. The van der Waals surface area contributed by atoms with Crippen LogP contribution >= 0.6 is 0 Å². The van der Waals surface area contributed by atoms with Crippen LogP contribution in [-0.2, 0) is 0 Å². The summed E-state index contributed by atoms with van der Waals surface area (Å²) in [7, 11) is 2.28. The number of piperidine rings is 1. The summed E-state index contributed by atoms with van der Waals surface area (Å²) >= 11 is 0. The topological polar surface area (TPSA) is 15.3 Å². The van der Waals surface area contributed by atoms with Crippen LogP contribution in [-0.4, -0.2) is 36.6 Å². The molecule has 0 radical (unpaired) electrons. The van der Waals surface area contributed by atoms with Gasteiger partial charge in [0.05, 0.1) is 0 Å². The zero-order valence-corrected chi connectivity index (χ0v) is 12.6. The number of nitrogens with one attached hydrogen (secondary N) is 1. The minimum atomic E-state index is 0.768. The summed E-state index contributed by atoms with van der Waals surface area (Å²) in [5.41, 5.74) is 0. The minimum Gasteiger partial charge on any atom is -0.311 e. The molecule has 1 N–H and O–H groups in total. The molecule has 7 unspecified atom stereocenters. The van der Waals surface area contributed by atoms with E-state index in [-0.39, 0.29) is 0 Å². The van der Waals surface area contributed by atoms with Crippen LogP contribution in [0.15, 0.2) is 0 Å². The van der Waals surface area contributed by atoms with Crippen LogP contribution in [0.25, 0.3) is 0 Å². The van der Waals surface area contributed by atoms with E-state index in [2.05, 4.69) is 24.2 Å². The summed E-state index contributed by atoms with van der Waals surface area (Å²) in [5.74, 6) is 4.39. The molecular weight excluding hydrogens is 232 g/mol. The fourth-order valence-corrected chi connectivity index (χ4v) is 6.00. The Hall–Kier alpha value is -0.0800. The molecule has 3 saturated carbocycles. The van der Waals surface area contributed by atoms with E-state index in [1.165, 1.54) is 32.2 Å². The normalized spacial score (nSPS) is 53.7. The molecule has 4 aliphatic rings. The highest BCUT2D eigenvalue weighted by atomic mass is 15.1. The predicted octanol–water partition coefficient (Wildman–Crippen LogP) is 2.88. The van der Waals surface area contributed by atoms with E-state index in [9.17, 15) is 0 Å². The van der Waals surface area contributed by atoms with Gasteiger partial charge in [0.25, 0.3) is 0 Å². The first-order chi connectivity index (χ1) is 9.22. The van der Waals surface area contributed by atoms with Gasteiger partial charge in [0.1, 0.15) is 0 Å². The van der Waals surface area contributed by atoms with Gasteiger partial charge >= 0.3 is 0 Å². The lowest BCUT2D eigenvalue weighted by Crippen LogP contribution is -2.51. The lowest BCUT2D eigenvalue weighted by Gasteiger charge is -2.40. The lowest BCUT2D eigenvalue weighted by molar-refractivity contribution is 0.138. The highest BCUT2D eigenvalue weighted by Crippen LogP contribution is 2.58. The average molecular weight is 262 g/mol. The Morgan fingerprint density at radius 3 is 2.63 bits per heavy atom. The van der Waals surface area contributed by atoms with Crippen molar-refractivity contribution in [3.05, 3.63) is 0 Å². The summed E-state index contributed by atoms with van der Waals surface area (Å²) in [6.07, 6.45) is 10.4. The van der Waals surface area contributed by atoms with Crippen LogP contribution in [0.1, 0.15) is 51.9 Å². The Bertz CT molecular complexity index is 342. The standard InChI is InChI=1S/C17H30N2/c1-11-8-13(6-7-19(11)2)18-17-10-12-9-16(17)15-5-3-4-14(12)15/h11-18H,3-10H2,1-2H3. The maximum absolute atomic E-state index is 4.09. The second-order valence-electron chi connectivity index (χ2n) is 7.98. The van der Waals surface area contributed by atoms with Gasteiger partial charge in [0.2, 0.25) is 0 Å². The van der Waals surface area contributed by atoms with Gasteiger partial charge in [-0.1, -0.05) is 6.42 Å². The number of hydrogen-bond donors (Lipinski definition) is 1. The SMILES string of the molecule is CC1CC(NC2CC3CC2C2CCCC32)CCN1C. The third-order valence-electron chi connectivity index (χ3n) is 7.09. The summed E-state index contributed by atoms with van der Waals surface area (Å²) < 4.78 is 0. The van der Waals surface area contributed by atoms with E-state index < -0.39 is 0 Å². The van der Waals surface area contributed by atoms with Gasteiger partial charge in [0.15, 0.2) is 0 Å². The molecular formula is C17H30N2. The fraction of sp³-hybridized carbons (Fsp3) is 1.00. The van der Waals surface area contributed by atoms with Gasteiger partial charge in [-0.25, -0.2) is 0 Å². The number of hydrogen-bond acceptors (Lipinski definition) is 2. The molecule has 2 heteroatoms. The first-order valence-corrected chi connectivity index (χ1v) is 8.68. The van der Waals surface area contributed by atoms with Crippen molar-refractivity contribution in [2.75, 3.05) is 13.6 Å². The zero-order chi connectivity index (χ0) is 13.0. The molecule has 4 fully saturated rings. The highest BCUT2D eigenvalue weighted by molar-refractivity contribution is 5.06. The van der Waals surface area contributed by atoms with Crippen molar-refractivity contribution >= 4 is 0 Å². The van der Waals surface area contributed by atoms with Crippen molar-refractivity contribution in [1.82, 2.24) is 10.2 Å². The first kappa shape index (κ1) is 12.6. The van der Waals surface area contributed by atoms with Crippen LogP contribution in [0, 0.1) is 23.7 Å². The van der Waals surface area contributed by atoms with Gasteiger partial charge in [0, 0.05) is 18.1 Å². The maximum atomic E-state index is 4.09. The van der Waals surface area contributed by atoms with Gasteiger partial charge in [-0.2, -0.15) is 0 Å². The molecule has 2 nitrogen and oxygen atoms in total. The van der Waals surface area contributed by atoms with Crippen molar-refractivity contribution in [3.63, 3.8) is 0 Å². The van der Waals surface area contributed by atoms with Crippen LogP contribution in [0.3, 0.4) is 0 Å². The largest absolute Gasteiger partial charge is 0.311 e. The van der Waals surface area contributed by atoms with Crippen molar-refractivity contribution < 1.29 is 0 Å². The smallest absolute Gasteiger partial charge is 0.0103 e. The number of likely N-dealkylation sites (tertiary alicyclic amines) is 1. The second kappa shape index (κ2) is 4.73. The van der Waals surface area contributed by atoms with E-state index in [0.29, 0.717) is 0 Å². The van der Waals surface area contributed by atoms with E-state index in [4.69, 9.17) is 0 Å². The second-order valence-corrected chi connectivity index (χ2v) is 7.98. The van der Waals surface area contributed by atoms with E-state index in [0.717, 1.165) is 41.8 Å². The van der Waals surface area contributed by atoms with Crippen LogP contribution in [0.4, 0.5) is 0 Å². The lowest BCUT2D eigenvalue weighted by atomic mass is 9.78. The average Bonchev–Trinajstić information content (AvgIpc) is 3.05. The van der Waals surface area contributed by atoms with Crippen LogP contribution in [0.5, 0.6) is 0 Å². The molecule has 108 valence electrons. The zero-order valence-electron chi connectivity index (χ0n) is 12.6. The number of fused-ring (bicyclic) bond motifs is 5. The summed E-state index contributed by atoms with van der Waals surface area (Å²) in [4.78, 5) is 2.52. The Morgan fingerprint density at radius 2 is 1.79 bits per heavy atom. The maximum Gasteiger partial charge on any atom is 0.0103 e. The van der Waals surface area contributed by atoms with E-state index >= 15 is 0 Å². The molecule has 7 atom stereocenters. The fourth-order valence-electron chi connectivity index (χ4n) is 6.00. The number of nitrogens with zero attached hydrogens (tertiary/aromatic N) is 1. The van der Waals surface area contributed by atoms with E-state index in [1.807, 2.05) is 0 Å². The first-order valence-electron chi connectivity index (χ1n) is 8.68. The summed E-state index contributed by atoms with van der Waals surface area (Å²) in [5, 5.41) is 4.09. The molecule has 2 bridgehead atoms. The molecule has 0 aromatic rings. The molecule has 1 heterocycles. The molecule has 1 saturated heterocycles. The quantitative estimate of drug-likeness (QED) is 0.823. The highest BCUT2D eigenvalue weighted by Gasteiger charge is 2.53. The molecule has 0 aromatic carbocycles. The minimum absolute atomic E-state index is 0.768. The molecule has 1 aliphatic heterocycles. The Labute approximate surface area is 118 Å². The van der Waals surface area contributed by atoms with Crippen LogP contribution in [0.2, 0.25) is 0 Å². The van der Waals surface area contributed by atoms with Crippen molar-refractivity contribution in [3.8, 4) is 0 Å². The Balaban J connectivity index is 1.37. The molecule has 0 aromatic heterocycles. The number of rotatable bonds is 2. The molecule has 4 rings (SSSR count). The third kappa shape index (κ3) is 2.06. The molecule has 19 heavy (non-hydrogen) atoms. The molecule has 3 aliphatic carbocycles. The van der Waals surface area contributed by atoms with Crippen molar-refractivity contribution in [2.24, 2.45) is 23.7 Å².